The molecule has 0 bridgehead atoms. The van der Waals surface area contributed by atoms with E-state index in [2.05, 4.69) is 34.6 Å². The van der Waals surface area contributed by atoms with Crippen LogP contribution in [0.2, 0.25) is 0 Å². The van der Waals surface area contributed by atoms with E-state index in [1.165, 1.54) is 5.56 Å². The number of aryl methyl sites for hydroxylation is 2. The van der Waals surface area contributed by atoms with Gasteiger partial charge in [0.15, 0.2) is 5.78 Å². The van der Waals surface area contributed by atoms with Crippen LogP contribution < -0.4 is 0 Å². The number of Topliss-reactive ketones (excluding diaryl/α,β-unsaturated/α-hetero) is 1. The lowest BCUT2D eigenvalue weighted by atomic mass is 9.86. The summed E-state index contributed by atoms with van der Waals surface area (Å²) >= 11 is 0. The molecule has 1 heterocycles. The zero-order valence-electron chi connectivity index (χ0n) is 20.1. The number of rotatable bonds is 8. The maximum atomic E-state index is 13.3. The first kappa shape index (κ1) is 23.0. The molecule has 0 amide bonds. The van der Waals surface area contributed by atoms with Gasteiger partial charge >= 0.3 is 5.97 Å². The molecule has 2 unspecified atom stereocenters. The van der Waals surface area contributed by atoms with Gasteiger partial charge in [-0.25, -0.2) is 4.68 Å². The van der Waals surface area contributed by atoms with E-state index in [-0.39, 0.29) is 30.0 Å². The predicted molar refractivity (Wildman–Crippen MR) is 134 cm³/mol. The monoisotopic (exact) mass is 467 g/mol. The molecule has 4 aromatic rings. The smallest absolute Gasteiger partial charge is 0.306 e. The molecule has 2 atom stereocenters. The Morgan fingerprint density at radius 3 is 2.66 bits per heavy atom. The average Bonchev–Trinajstić information content (AvgIpc) is 3.40. The summed E-state index contributed by atoms with van der Waals surface area (Å²) in [5.74, 6) is -0.289. The van der Waals surface area contributed by atoms with E-state index in [0.29, 0.717) is 6.61 Å². The Hall–Kier alpha value is -3.80. The minimum absolute atomic E-state index is 0.0000870. The van der Waals surface area contributed by atoms with Crippen LogP contribution in [0.3, 0.4) is 0 Å². The van der Waals surface area contributed by atoms with Gasteiger partial charge in [-0.05, 0) is 66.6 Å². The highest BCUT2D eigenvalue weighted by molar-refractivity contribution is 6.02. The second-order valence-electron chi connectivity index (χ2n) is 9.23. The van der Waals surface area contributed by atoms with Crippen LogP contribution in [-0.2, 0) is 29.4 Å². The Balaban J connectivity index is 1.42. The van der Waals surface area contributed by atoms with E-state index < -0.39 is 0 Å². The summed E-state index contributed by atoms with van der Waals surface area (Å²) in [4.78, 5) is 25.8. The van der Waals surface area contributed by atoms with E-state index >= 15 is 0 Å². The molecule has 178 valence electrons. The summed E-state index contributed by atoms with van der Waals surface area (Å²) in [6.07, 6.45) is 2.70. The van der Waals surface area contributed by atoms with E-state index in [4.69, 9.17) is 4.74 Å². The van der Waals surface area contributed by atoms with Crippen molar-refractivity contribution < 1.29 is 14.3 Å². The second-order valence-corrected chi connectivity index (χ2v) is 9.23. The number of esters is 1. The highest BCUT2D eigenvalue weighted by Crippen LogP contribution is 2.36. The Morgan fingerprint density at radius 2 is 1.86 bits per heavy atom. The third kappa shape index (κ3) is 4.74. The number of hydrogen-bond donors (Lipinski definition) is 0. The third-order valence-electron chi connectivity index (χ3n) is 6.98. The highest BCUT2D eigenvalue weighted by atomic mass is 16.5. The maximum Gasteiger partial charge on any atom is 0.306 e. The molecule has 1 aromatic heterocycles. The molecule has 0 saturated heterocycles. The minimum Gasteiger partial charge on any atom is -0.466 e. The first-order valence-electron chi connectivity index (χ1n) is 12.2. The maximum absolute atomic E-state index is 13.3. The van der Waals surface area contributed by atoms with Gasteiger partial charge in [-0.3, -0.25) is 9.59 Å². The predicted octanol–water partition coefficient (Wildman–Crippen LogP) is 5.04. The van der Waals surface area contributed by atoms with E-state index in [9.17, 15) is 9.59 Å². The van der Waals surface area contributed by atoms with E-state index in [1.54, 1.807) is 4.68 Å². The number of ketones is 1. The normalized spacial score (nSPS) is 15.8. The van der Waals surface area contributed by atoms with Crippen LogP contribution in [-0.4, -0.2) is 33.4 Å². The van der Waals surface area contributed by atoms with Crippen LogP contribution in [0.1, 0.15) is 58.3 Å². The lowest BCUT2D eigenvalue weighted by Crippen LogP contribution is -2.13. The van der Waals surface area contributed by atoms with Crippen LogP contribution in [0, 0.1) is 5.92 Å². The Kier molecular flexibility index (Phi) is 6.45. The van der Waals surface area contributed by atoms with Crippen LogP contribution in [0.5, 0.6) is 0 Å². The van der Waals surface area contributed by atoms with Crippen molar-refractivity contribution in [1.29, 1.82) is 0 Å². The van der Waals surface area contributed by atoms with Gasteiger partial charge in [-0.2, -0.15) is 0 Å². The number of carbonyl (C=O) groups excluding carboxylic acids is 2. The first-order valence-corrected chi connectivity index (χ1v) is 12.2. The number of aromatic nitrogens is 3. The standard InChI is InChI=1S/C29H29N3O3/c1-3-35-28(33)18-24(22-13-14-27-26(17-22)30-31-32(27)2)21-12-11-20-15-23(29(34)25(20)16-21)10-9-19-7-5-4-6-8-19/h4-8,11-14,16-17,23-24H,3,9-10,15,18H2,1-2H3. The molecule has 0 saturated carbocycles. The molecule has 6 heteroatoms. The molecule has 0 radical (unpaired) electrons. The number of hydrogen-bond acceptors (Lipinski definition) is 5. The number of ether oxygens (including phenoxy) is 1. The SMILES string of the molecule is CCOC(=O)CC(c1ccc2c(c1)C(=O)C(CCc1ccccc1)C2)c1ccc2c(c1)nnn2C. The van der Waals surface area contributed by atoms with E-state index in [1.807, 2.05) is 56.4 Å². The fraction of sp³-hybridized carbons (Fsp3) is 0.310. The molecular formula is C29H29N3O3. The van der Waals surface area contributed by atoms with Gasteiger partial charge in [0.2, 0.25) is 0 Å². The minimum atomic E-state index is -0.260. The fourth-order valence-electron chi connectivity index (χ4n) is 5.10. The van der Waals surface area contributed by atoms with Crippen molar-refractivity contribution in [3.8, 4) is 0 Å². The van der Waals surface area contributed by atoms with Crippen molar-refractivity contribution in [2.24, 2.45) is 13.0 Å². The number of nitrogens with zero attached hydrogens (tertiary/aromatic N) is 3. The van der Waals surface area contributed by atoms with E-state index in [0.717, 1.165) is 52.5 Å². The van der Waals surface area contributed by atoms with Crippen molar-refractivity contribution in [2.45, 2.75) is 38.5 Å². The molecule has 0 aliphatic heterocycles. The summed E-state index contributed by atoms with van der Waals surface area (Å²) in [6.45, 7) is 2.14. The first-order chi connectivity index (χ1) is 17.0. The van der Waals surface area contributed by atoms with Gasteiger partial charge in [-0.1, -0.05) is 53.7 Å². The van der Waals surface area contributed by atoms with Gasteiger partial charge in [0.25, 0.3) is 0 Å². The average molecular weight is 468 g/mol. The fourth-order valence-corrected chi connectivity index (χ4v) is 5.10. The molecule has 3 aromatic carbocycles. The molecular weight excluding hydrogens is 438 g/mol. The van der Waals surface area contributed by atoms with Crippen LogP contribution in [0.25, 0.3) is 11.0 Å². The Labute approximate surface area is 204 Å². The summed E-state index contributed by atoms with van der Waals surface area (Å²) in [7, 11) is 1.85. The molecule has 1 aliphatic carbocycles. The summed E-state index contributed by atoms with van der Waals surface area (Å²) < 4.78 is 7.00. The van der Waals surface area contributed by atoms with Crippen molar-refractivity contribution in [3.63, 3.8) is 0 Å². The number of fused-ring (bicyclic) bond motifs is 2. The molecule has 0 spiro atoms. The van der Waals surface area contributed by atoms with Gasteiger partial charge in [0.05, 0.1) is 18.5 Å². The molecule has 0 fully saturated rings. The molecule has 0 N–H and O–H groups in total. The molecule has 35 heavy (non-hydrogen) atoms. The van der Waals surface area contributed by atoms with Gasteiger partial charge < -0.3 is 4.74 Å². The Bertz CT molecular complexity index is 1380. The van der Waals surface area contributed by atoms with Crippen LogP contribution >= 0.6 is 0 Å². The molecule has 6 nitrogen and oxygen atoms in total. The van der Waals surface area contributed by atoms with Crippen molar-refractivity contribution in [3.05, 3.63) is 94.5 Å². The number of benzene rings is 3. The Morgan fingerprint density at radius 1 is 1.09 bits per heavy atom. The lowest BCUT2D eigenvalue weighted by Gasteiger charge is -2.18. The van der Waals surface area contributed by atoms with Crippen molar-refractivity contribution in [2.75, 3.05) is 6.61 Å². The highest BCUT2D eigenvalue weighted by Gasteiger charge is 2.31. The molecule has 5 rings (SSSR count). The quantitative estimate of drug-likeness (QED) is 0.339. The van der Waals surface area contributed by atoms with Gasteiger partial charge in [0, 0.05) is 24.4 Å². The largest absolute Gasteiger partial charge is 0.466 e. The van der Waals surface area contributed by atoms with Crippen molar-refractivity contribution in [1.82, 2.24) is 15.0 Å². The van der Waals surface area contributed by atoms with Crippen LogP contribution in [0.4, 0.5) is 0 Å². The third-order valence-corrected chi connectivity index (χ3v) is 6.98. The zero-order chi connectivity index (χ0) is 24.4. The summed E-state index contributed by atoms with van der Waals surface area (Å²) in [5.41, 5.74) is 6.73. The van der Waals surface area contributed by atoms with Crippen molar-refractivity contribution >= 4 is 22.8 Å². The zero-order valence-corrected chi connectivity index (χ0v) is 20.1. The van der Waals surface area contributed by atoms with Gasteiger partial charge in [-0.15, -0.1) is 5.10 Å². The summed E-state index contributed by atoms with van der Waals surface area (Å²) in [6, 6.07) is 22.4. The topological polar surface area (TPSA) is 74.1 Å². The number of carbonyl (C=O) groups is 2. The second kappa shape index (κ2) is 9.82. The lowest BCUT2D eigenvalue weighted by molar-refractivity contribution is -0.143. The summed E-state index contributed by atoms with van der Waals surface area (Å²) in [5, 5.41) is 8.33. The van der Waals surface area contributed by atoms with Gasteiger partial charge in [0.1, 0.15) is 5.52 Å². The molecule has 1 aliphatic rings. The van der Waals surface area contributed by atoms with Crippen LogP contribution in [0.15, 0.2) is 66.7 Å².